The van der Waals surface area contributed by atoms with Crippen LogP contribution in [0.15, 0.2) is 47.0 Å². The minimum absolute atomic E-state index is 0.0124. The average Bonchev–Trinajstić information content (AvgIpc) is 3.10. The molecular weight excluding hydrogens is 416 g/mol. The Morgan fingerprint density at radius 3 is 2.88 bits per heavy atom. The molecule has 1 unspecified atom stereocenters. The van der Waals surface area contributed by atoms with E-state index in [-0.39, 0.29) is 11.4 Å². The molecule has 0 N–H and O–H groups in total. The van der Waals surface area contributed by atoms with Crippen molar-refractivity contribution in [3.05, 3.63) is 47.6 Å². The molecule has 6 nitrogen and oxygen atoms in total. The highest BCUT2D eigenvalue weighted by Crippen LogP contribution is 2.45. The molecule has 6 heteroatoms. The van der Waals surface area contributed by atoms with Gasteiger partial charge in [0.15, 0.2) is 0 Å². The fourth-order valence-electron chi connectivity index (χ4n) is 4.44. The molecule has 1 aromatic rings. The zero-order valence-corrected chi connectivity index (χ0v) is 20.7. The largest absolute Gasteiger partial charge is 0.492 e. The highest BCUT2D eigenvalue weighted by Gasteiger charge is 2.44. The molecule has 1 atom stereocenters. The van der Waals surface area contributed by atoms with Crippen LogP contribution in [0.4, 0.5) is 0 Å². The lowest BCUT2D eigenvalue weighted by Gasteiger charge is -2.39. The maximum Gasteiger partial charge on any atom is 0.307 e. The van der Waals surface area contributed by atoms with E-state index in [1.165, 1.54) is 5.56 Å². The molecule has 1 saturated heterocycles. The zero-order chi connectivity index (χ0) is 23.9. The van der Waals surface area contributed by atoms with Crippen molar-refractivity contribution >= 4 is 12.2 Å². The summed E-state index contributed by atoms with van der Waals surface area (Å²) >= 11 is 0. The number of ether oxygens (including phenoxy) is 3. The SMILES string of the molecule is C\N=C/C=C\C=C(/C)COc1ccc2c(c1)OCC21CCCN(CCC(=O)OC(C)(C)C)C1. The van der Waals surface area contributed by atoms with E-state index in [0.29, 0.717) is 19.6 Å². The van der Waals surface area contributed by atoms with Crippen LogP contribution in [-0.4, -0.2) is 62.6 Å². The monoisotopic (exact) mass is 454 g/mol. The van der Waals surface area contributed by atoms with Gasteiger partial charge in [-0.1, -0.05) is 18.2 Å². The number of hydrogen-bond donors (Lipinski definition) is 0. The van der Waals surface area contributed by atoms with Crippen LogP contribution in [0.5, 0.6) is 11.5 Å². The maximum absolute atomic E-state index is 12.1. The van der Waals surface area contributed by atoms with Gasteiger partial charge in [-0.3, -0.25) is 9.79 Å². The first-order valence-electron chi connectivity index (χ1n) is 11.8. The van der Waals surface area contributed by atoms with Crippen LogP contribution in [0.2, 0.25) is 0 Å². The molecule has 180 valence electrons. The quantitative estimate of drug-likeness (QED) is 0.323. The van der Waals surface area contributed by atoms with E-state index in [9.17, 15) is 4.79 Å². The zero-order valence-electron chi connectivity index (χ0n) is 20.7. The van der Waals surface area contributed by atoms with E-state index >= 15 is 0 Å². The maximum atomic E-state index is 12.1. The minimum atomic E-state index is -0.437. The van der Waals surface area contributed by atoms with E-state index in [0.717, 1.165) is 49.5 Å². The summed E-state index contributed by atoms with van der Waals surface area (Å²) in [5.41, 5.74) is 1.93. The van der Waals surface area contributed by atoms with E-state index in [1.807, 2.05) is 58.1 Å². The van der Waals surface area contributed by atoms with Crippen molar-refractivity contribution < 1.29 is 19.0 Å². The summed E-state index contributed by atoms with van der Waals surface area (Å²) in [6, 6.07) is 6.21. The van der Waals surface area contributed by atoms with Crippen molar-refractivity contribution in [2.75, 3.05) is 39.9 Å². The molecule has 0 aliphatic carbocycles. The van der Waals surface area contributed by atoms with E-state index in [2.05, 4.69) is 16.0 Å². The Morgan fingerprint density at radius 1 is 1.30 bits per heavy atom. The molecule has 1 fully saturated rings. The van der Waals surface area contributed by atoms with Crippen molar-refractivity contribution in [1.29, 1.82) is 0 Å². The molecule has 0 radical (unpaired) electrons. The Labute approximate surface area is 198 Å². The first-order valence-corrected chi connectivity index (χ1v) is 11.8. The van der Waals surface area contributed by atoms with Crippen LogP contribution < -0.4 is 9.47 Å². The Balaban J connectivity index is 1.58. The van der Waals surface area contributed by atoms with E-state index in [1.54, 1.807) is 13.3 Å². The number of benzene rings is 1. The third kappa shape index (κ3) is 7.19. The lowest BCUT2D eigenvalue weighted by molar-refractivity contribution is -0.155. The lowest BCUT2D eigenvalue weighted by atomic mass is 9.75. The highest BCUT2D eigenvalue weighted by atomic mass is 16.6. The van der Waals surface area contributed by atoms with Gasteiger partial charge in [0, 0.05) is 43.4 Å². The van der Waals surface area contributed by atoms with Gasteiger partial charge in [-0.05, 0) is 64.8 Å². The smallest absolute Gasteiger partial charge is 0.307 e. The third-order valence-electron chi connectivity index (χ3n) is 5.93. The fourth-order valence-corrected chi connectivity index (χ4v) is 4.44. The van der Waals surface area contributed by atoms with Gasteiger partial charge in [0.25, 0.3) is 0 Å². The number of esters is 1. The van der Waals surface area contributed by atoms with Gasteiger partial charge < -0.3 is 19.1 Å². The Hall–Kier alpha value is -2.60. The van der Waals surface area contributed by atoms with Crippen LogP contribution in [-0.2, 0) is 14.9 Å². The van der Waals surface area contributed by atoms with Gasteiger partial charge in [0.2, 0.25) is 0 Å². The first kappa shape index (κ1) is 25.0. The predicted molar refractivity (Wildman–Crippen MR) is 133 cm³/mol. The number of hydrogen-bond acceptors (Lipinski definition) is 6. The van der Waals surface area contributed by atoms with E-state index < -0.39 is 5.60 Å². The van der Waals surface area contributed by atoms with Gasteiger partial charge >= 0.3 is 5.97 Å². The van der Waals surface area contributed by atoms with Crippen LogP contribution in [0.3, 0.4) is 0 Å². The topological polar surface area (TPSA) is 60.4 Å². The molecule has 3 rings (SSSR count). The minimum Gasteiger partial charge on any atom is -0.492 e. The molecule has 0 aromatic heterocycles. The second-order valence-corrected chi connectivity index (χ2v) is 10.0. The third-order valence-corrected chi connectivity index (χ3v) is 5.93. The molecular formula is C27H38N2O4. The van der Waals surface area contributed by atoms with Crippen LogP contribution in [0.1, 0.15) is 52.5 Å². The van der Waals surface area contributed by atoms with Crippen LogP contribution >= 0.6 is 0 Å². The average molecular weight is 455 g/mol. The summed E-state index contributed by atoms with van der Waals surface area (Å²) in [5, 5.41) is 0. The highest BCUT2D eigenvalue weighted by molar-refractivity contribution is 5.71. The molecule has 0 bridgehead atoms. The number of fused-ring (bicyclic) bond motifs is 2. The molecule has 0 amide bonds. The molecule has 2 heterocycles. The van der Waals surface area contributed by atoms with Crippen molar-refractivity contribution in [2.24, 2.45) is 4.99 Å². The molecule has 1 aromatic carbocycles. The summed E-state index contributed by atoms with van der Waals surface area (Å²) in [6.45, 7) is 11.6. The summed E-state index contributed by atoms with van der Waals surface area (Å²) in [6.07, 6.45) is 10.2. The Bertz CT molecular complexity index is 913. The first-order chi connectivity index (χ1) is 15.7. The normalized spacial score (nSPS) is 21.5. The number of allylic oxidation sites excluding steroid dienone is 3. The number of rotatable bonds is 8. The lowest BCUT2D eigenvalue weighted by Crippen LogP contribution is -2.47. The Morgan fingerprint density at radius 2 is 2.12 bits per heavy atom. The summed E-state index contributed by atoms with van der Waals surface area (Å²) in [5.74, 6) is 1.60. The summed E-state index contributed by atoms with van der Waals surface area (Å²) < 4.78 is 17.6. The molecule has 0 saturated carbocycles. The predicted octanol–water partition coefficient (Wildman–Crippen LogP) is 4.73. The second kappa shape index (κ2) is 11.0. The van der Waals surface area contributed by atoms with Crippen molar-refractivity contribution in [1.82, 2.24) is 4.90 Å². The standard InChI is InChI=1S/C27H38N2O4/c1-21(9-6-7-14-28-5)18-31-22-10-11-23-24(17-22)32-20-27(23)13-8-15-29(19-27)16-12-25(30)33-26(2,3)4/h6-7,9-11,14,17H,8,12-13,15-16,18-20H2,1-5H3/b7-6-,21-9+,28-14-. The molecule has 2 aliphatic heterocycles. The molecule has 1 spiro atoms. The number of aliphatic imine (C=N–C) groups is 1. The Kier molecular flexibility index (Phi) is 8.35. The van der Waals surface area contributed by atoms with Gasteiger partial charge in [0.05, 0.1) is 13.0 Å². The fraction of sp³-hybridized carbons (Fsp3) is 0.556. The van der Waals surface area contributed by atoms with Crippen LogP contribution in [0.25, 0.3) is 0 Å². The van der Waals surface area contributed by atoms with Crippen LogP contribution in [0, 0.1) is 0 Å². The number of likely N-dealkylation sites (tertiary alicyclic amines) is 1. The van der Waals surface area contributed by atoms with E-state index in [4.69, 9.17) is 14.2 Å². The van der Waals surface area contributed by atoms with Gasteiger partial charge in [0.1, 0.15) is 23.7 Å². The van der Waals surface area contributed by atoms with Gasteiger partial charge in [-0.25, -0.2) is 0 Å². The number of piperidine rings is 1. The van der Waals surface area contributed by atoms with Crippen molar-refractivity contribution in [3.63, 3.8) is 0 Å². The number of nitrogens with zero attached hydrogens (tertiary/aromatic N) is 2. The van der Waals surface area contributed by atoms with Gasteiger partial charge in [-0.2, -0.15) is 0 Å². The number of carbonyl (C=O) groups is 1. The summed E-state index contributed by atoms with van der Waals surface area (Å²) in [4.78, 5) is 18.4. The number of carbonyl (C=O) groups excluding carboxylic acids is 1. The summed E-state index contributed by atoms with van der Waals surface area (Å²) in [7, 11) is 1.75. The molecule has 33 heavy (non-hydrogen) atoms. The van der Waals surface area contributed by atoms with Crippen molar-refractivity contribution in [3.8, 4) is 11.5 Å². The van der Waals surface area contributed by atoms with Gasteiger partial charge in [-0.15, -0.1) is 0 Å². The second-order valence-electron chi connectivity index (χ2n) is 10.0. The van der Waals surface area contributed by atoms with Crippen molar-refractivity contribution in [2.45, 2.75) is 58.0 Å². The molecule has 2 aliphatic rings.